The van der Waals surface area contributed by atoms with Crippen LogP contribution in [-0.2, 0) is 9.53 Å². The van der Waals surface area contributed by atoms with E-state index in [1.54, 1.807) is 0 Å². The maximum absolute atomic E-state index is 12.8. The maximum Gasteiger partial charge on any atom is 0.224 e. The molecule has 0 aliphatic carbocycles. The fourth-order valence-corrected chi connectivity index (χ4v) is 3.72. The normalized spacial score (nSPS) is 22.0. The van der Waals surface area contributed by atoms with Crippen molar-refractivity contribution in [2.45, 2.75) is 37.8 Å². The number of morpholine rings is 1. The van der Waals surface area contributed by atoms with Gasteiger partial charge in [0.25, 0.3) is 0 Å². The lowest BCUT2D eigenvalue weighted by molar-refractivity contribution is -0.136. The molecule has 0 bridgehead atoms. The van der Waals surface area contributed by atoms with E-state index in [9.17, 15) is 4.79 Å². The minimum atomic E-state index is -0.218. The van der Waals surface area contributed by atoms with E-state index >= 15 is 0 Å². The molecule has 26 heavy (non-hydrogen) atoms. The van der Waals surface area contributed by atoms with Gasteiger partial charge in [0.1, 0.15) is 0 Å². The monoisotopic (exact) mass is 403 g/mol. The van der Waals surface area contributed by atoms with E-state index in [0.29, 0.717) is 12.5 Å². The lowest BCUT2D eigenvalue weighted by Gasteiger charge is -2.40. The summed E-state index contributed by atoms with van der Waals surface area (Å²) in [7, 11) is 0. The van der Waals surface area contributed by atoms with Gasteiger partial charge in [-0.25, -0.2) is 0 Å². The number of nitrogens with two attached hydrogens (primary N) is 1. The molecule has 2 aliphatic heterocycles. The van der Waals surface area contributed by atoms with E-state index in [-0.39, 0.29) is 36.8 Å². The first-order valence-corrected chi connectivity index (χ1v) is 9.14. The van der Waals surface area contributed by atoms with Crippen molar-refractivity contribution in [2.75, 3.05) is 39.4 Å². The molecule has 2 unspecified atom stereocenters. The Morgan fingerprint density at radius 2 is 1.81 bits per heavy atom. The van der Waals surface area contributed by atoms with Gasteiger partial charge in [0, 0.05) is 44.7 Å². The Balaban J connectivity index is 0.00000169. The maximum atomic E-state index is 12.8. The van der Waals surface area contributed by atoms with Crippen molar-refractivity contribution in [3.8, 4) is 0 Å². The van der Waals surface area contributed by atoms with Gasteiger partial charge in [-0.15, -0.1) is 24.8 Å². The zero-order chi connectivity index (χ0) is 16.8. The van der Waals surface area contributed by atoms with Gasteiger partial charge in [-0.05, 0) is 24.8 Å². The Labute approximate surface area is 169 Å². The van der Waals surface area contributed by atoms with Crippen LogP contribution < -0.4 is 5.73 Å². The van der Waals surface area contributed by atoms with Crippen LogP contribution in [0.25, 0.3) is 0 Å². The van der Waals surface area contributed by atoms with Crippen LogP contribution >= 0.6 is 24.8 Å². The summed E-state index contributed by atoms with van der Waals surface area (Å²) in [5.41, 5.74) is 7.29. The summed E-state index contributed by atoms with van der Waals surface area (Å²) in [6, 6.07) is 10.0. The molecule has 2 fully saturated rings. The third-order valence-corrected chi connectivity index (χ3v) is 5.14. The molecule has 1 aromatic rings. The van der Waals surface area contributed by atoms with E-state index in [1.165, 1.54) is 6.42 Å². The number of benzene rings is 1. The summed E-state index contributed by atoms with van der Waals surface area (Å²) in [5.74, 6) is 0.198. The highest BCUT2D eigenvalue weighted by Gasteiger charge is 2.29. The van der Waals surface area contributed by atoms with E-state index in [2.05, 4.69) is 9.80 Å². The number of amides is 1. The van der Waals surface area contributed by atoms with Crippen LogP contribution in [0.1, 0.15) is 37.3 Å². The van der Waals surface area contributed by atoms with Gasteiger partial charge >= 0.3 is 0 Å². The van der Waals surface area contributed by atoms with Crippen LogP contribution in [0, 0.1) is 0 Å². The number of carbonyl (C=O) groups is 1. The first-order chi connectivity index (χ1) is 11.7. The number of ether oxygens (including phenoxy) is 1. The van der Waals surface area contributed by atoms with Gasteiger partial charge in [0.05, 0.1) is 13.2 Å². The molecule has 1 amide bonds. The molecule has 0 aromatic heterocycles. The van der Waals surface area contributed by atoms with E-state index < -0.39 is 0 Å². The zero-order valence-corrected chi connectivity index (χ0v) is 16.9. The van der Waals surface area contributed by atoms with Crippen LogP contribution in [0.5, 0.6) is 0 Å². The standard InChI is InChI=1S/C19H29N3O2.2ClH/c20-18(16-6-2-1-3-7-16)14-19(23)22-9-5-4-8-17(22)15-21-10-12-24-13-11-21;;/h1-3,6-7,17-18H,4-5,8-15,20H2;2*1H. The topological polar surface area (TPSA) is 58.8 Å². The molecule has 5 nitrogen and oxygen atoms in total. The molecule has 2 N–H and O–H groups in total. The van der Waals surface area contributed by atoms with Crippen molar-refractivity contribution in [3.63, 3.8) is 0 Å². The van der Waals surface area contributed by atoms with Crippen LogP contribution in [0.3, 0.4) is 0 Å². The molecular weight excluding hydrogens is 373 g/mol. The summed E-state index contributed by atoms with van der Waals surface area (Å²) < 4.78 is 5.43. The molecule has 2 heterocycles. The van der Waals surface area contributed by atoms with E-state index in [0.717, 1.165) is 57.8 Å². The summed E-state index contributed by atoms with van der Waals surface area (Å²) in [6.07, 6.45) is 3.81. The second kappa shape index (κ2) is 11.8. The predicted octanol–water partition coefficient (Wildman–Crippen LogP) is 2.63. The van der Waals surface area contributed by atoms with Gasteiger partial charge in [-0.1, -0.05) is 30.3 Å². The summed E-state index contributed by atoms with van der Waals surface area (Å²) in [4.78, 5) is 17.3. The molecule has 0 radical (unpaired) electrons. The molecule has 0 spiro atoms. The molecule has 1 aromatic carbocycles. The molecule has 2 saturated heterocycles. The van der Waals surface area contributed by atoms with Crippen LogP contribution in [0.15, 0.2) is 30.3 Å². The third kappa shape index (κ3) is 6.39. The number of rotatable bonds is 5. The smallest absolute Gasteiger partial charge is 0.224 e. The Morgan fingerprint density at radius 1 is 1.12 bits per heavy atom. The summed E-state index contributed by atoms with van der Waals surface area (Å²) in [6.45, 7) is 5.40. The Kier molecular flexibility index (Phi) is 10.5. The summed E-state index contributed by atoms with van der Waals surface area (Å²) >= 11 is 0. The molecule has 2 atom stereocenters. The number of carbonyl (C=O) groups excluding carboxylic acids is 1. The van der Waals surface area contributed by atoms with Crippen molar-refractivity contribution in [1.29, 1.82) is 0 Å². The van der Waals surface area contributed by atoms with Crippen molar-refractivity contribution < 1.29 is 9.53 Å². The number of piperidine rings is 1. The fourth-order valence-electron chi connectivity index (χ4n) is 3.72. The average Bonchev–Trinajstić information content (AvgIpc) is 2.63. The fraction of sp³-hybridized carbons (Fsp3) is 0.632. The van der Waals surface area contributed by atoms with Crippen molar-refractivity contribution in [1.82, 2.24) is 9.80 Å². The summed E-state index contributed by atoms with van der Waals surface area (Å²) in [5, 5.41) is 0. The number of likely N-dealkylation sites (tertiary alicyclic amines) is 1. The first-order valence-electron chi connectivity index (χ1n) is 9.14. The highest BCUT2D eigenvalue weighted by Crippen LogP contribution is 2.22. The molecule has 7 heteroatoms. The van der Waals surface area contributed by atoms with Gasteiger partial charge in [0.2, 0.25) is 5.91 Å². The van der Waals surface area contributed by atoms with Crippen LogP contribution in [0.2, 0.25) is 0 Å². The van der Waals surface area contributed by atoms with Crippen molar-refractivity contribution in [3.05, 3.63) is 35.9 Å². The van der Waals surface area contributed by atoms with Crippen LogP contribution in [0.4, 0.5) is 0 Å². The van der Waals surface area contributed by atoms with Gasteiger partial charge < -0.3 is 15.4 Å². The van der Waals surface area contributed by atoms with Gasteiger partial charge in [0.15, 0.2) is 0 Å². The quantitative estimate of drug-likeness (QED) is 0.820. The third-order valence-electron chi connectivity index (χ3n) is 5.14. The number of hydrogen-bond donors (Lipinski definition) is 1. The molecule has 148 valence electrons. The molecule has 0 saturated carbocycles. The highest BCUT2D eigenvalue weighted by atomic mass is 35.5. The lowest BCUT2D eigenvalue weighted by atomic mass is 9.98. The Hall–Kier alpha value is -0.850. The number of nitrogens with zero attached hydrogens (tertiary/aromatic N) is 2. The SMILES string of the molecule is Cl.Cl.NC(CC(=O)N1CCCCC1CN1CCOCC1)c1ccccc1. The number of hydrogen-bond acceptors (Lipinski definition) is 4. The largest absolute Gasteiger partial charge is 0.379 e. The van der Waals surface area contributed by atoms with Crippen LogP contribution in [-0.4, -0.2) is 61.1 Å². The van der Waals surface area contributed by atoms with Crippen molar-refractivity contribution >= 4 is 30.7 Å². The van der Waals surface area contributed by atoms with Gasteiger partial charge in [-0.2, -0.15) is 0 Å². The lowest BCUT2D eigenvalue weighted by Crippen LogP contribution is -2.51. The molecule has 2 aliphatic rings. The number of halogens is 2. The average molecular weight is 404 g/mol. The predicted molar refractivity (Wildman–Crippen MR) is 109 cm³/mol. The zero-order valence-electron chi connectivity index (χ0n) is 15.2. The van der Waals surface area contributed by atoms with Gasteiger partial charge in [-0.3, -0.25) is 9.69 Å². The minimum Gasteiger partial charge on any atom is -0.379 e. The molecule has 3 rings (SSSR count). The highest BCUT2D eigenvalue weighted by molar-refractivity contribution is 5.85. The Morgan fingerprint density at radius 3 is 2.50 bits per heavy atom. The van der Waals surface area contributed by atoms with E-state index in [4.69, 9.17) is 10.5 Å². The second-order valence-corrected chi connectivity index (χ2v) is 6.87. The second-order valence-electron chi connectivity index (χ2n) is 6.87. The minimum absolute atomic E-state index is 0. The van der Waals surface area contributed by atoms with E-state index in [1.807, 2.05) is 30.3 Å². The van der Waals surface area contributed by atoms with Crippen molar-refractivity contribution in [2.24, 2.45) is 5.73 Å². The Bertz CT molecular complexity index is 527. The molecular formula is C19H31Cl2N3O2. The first kappa shape index (κ1) is 23.2.